The molecule has 1 aromatic rings. The molecule has 2 heteroatoms. The number of hydrogen-bond donors (Lipinski definition) is 1. The molecule has 14 heavy (non-hydrogen) atoms. The van der Waals surface area contributed by atoms with Crippen LogP contribution in [-0.2, 0) is 0 Å². The quantitative estimate of drug-likeness (QED) is 0.727. The Hall–Kier alpha value is -1.15. The van der Waals surface area contributed by atoms with Crippen LogP contribution in [0.5, 0.6) is 0 Å². The predicted octanol–water partition coefficient (Wildman–Crippen LogP) is 3.05. The lowest BCUT2D eigenvalue weighted by atomic mass is 10.1. The Morgan fingerprint density at radius 2 is 1.86 bits per heavy atom. The fourth-order valence-corrected chi connectivity index (χ4v) is 1.35. The Bertz CT molecular complexity index is 310. The number of benzene rings is 1. The largest absolute Gasteiger partial charge is 0.310 e. The van der Waals surface area contributed by atoms with Crippen molar-refractivity contribution in [2.75, 3.05) is 7.05 Å². The number of allylic oxidation sites excluding steroid dienone is 1. The zero-order valence-corrected chi connectivity index (χ0v) is 8.84. The molecule has 0 aromatic heterocycles. The Morgan fingerprint density at radius 3 is 2.29 bits per heavy atom. The molecular weight excluding hydrogens is 177 g/mol. The lowest BCUT2D eigenvalue weighted by Crippen LogP contribution is -2.14. The highest BCUT2D eigenvalue weighted by molar-refractivity contribution is 5.24. The van der Waals surface area contributed by atoms with E-state index >= 15 is 0 Å². The van der Waals surface area contributed by atoms with Crippen LogP contribution in [0.3, 0.4) is 0 Å². The molecule has 0 fully saturated rings. The third-order valence-electron chi connectivity index (χ3n) is 2.04. The molecule has 0 bridgehead atoms. The highest BCUT2D eigenvalue weighted by Crippen LogP contribution is 2.15. The minimum absolute atomic E-state index is 0.167. The molecule has 76 valence electrons. The molecule has 0 amide bonds. The molecule has 1 N–H and O–H groups in total. The standard InChI is InChI=1S/C12H16FN/c1-9(2)8-12(14-3)10-4-6-11(13)7-5-10/h4-8,12,14H,1-3H3. The van der Waals surface area contributed by atoms with Gasteiger partial charge in [0.1, 0.15) is 5.82 Å². The second-order valence-corrected chi connectivity index (χ2v) is 3.56. The lowest BCUT2D eigenvalue weighted by Gasteiger charge is -2.12. The van der Waals surface area contributed by atoms with Crippen LogP contribution < -0.4 is 5.32 Å². The van der Waals surface area contributed by atoms with E-state index in [1.54, 1.807) is 12.1 Å². The van der Waals surface area contributed by atoms with Crippen molar-refractivity contribution < 1.29 is 4.39 Å². The normalized spacial score (nSPS) is 12.3. The summed E-state index contributed by atoms with van der Waals surface area (Å²) in [5.41, 5.74) is 2.32. The first kappa shape index (κ1) is 10.9. The first-order valence-electron chi connectivity index (χ1n) is 4.71. The van der Waals surface area contributed by atoms with Gasteiger partial charge in [0.25, 0.3) is 0 Å². The fourth-order valence-electron chi connectivity index (χ4n) is 1.35. The van der Waals surface area contributed by atoms with Gasteiger partial charge in [0.2, 0.25) is 0 Å². The van der Waals surface area contributed by atoms with E-state index in [9.17, 15) is 4.39 Å². The van der Waals surface area contributed by atoms with Crippen molar-refractivity contribution in [1.82, 2.24) is 5.32 Å². The first-order valence-corrected chi connectivity index (χ1v) is 4.71. The van der Waals surface area contributed by atoms with E-state index in [2.05, 4.69) is 11.4 Å². The van der Waals surface area contributed by atoms with E-state index in [0.29, 0.717) is 0 Å². The van der Waals surface area contributed by atoms with Crippen molar-refractivity contribution in [3.8, 4) is 0 Å². The highest BCUT2D eigenvalue weighted by atomic mass is 19.1. The molecule has 0 spiro atoms. The summed E-state index contributed by atoms with van der Waals surface area (Å²) in [5, 5.41) is 3.17. The number of rotatable bonds is 3. The maximum Gasteiger partial charge on any atom is 0.123 e. The van der Waals surface area contributed by atoms with Crippen LogP contribution in [0.25, 0.3) is 0 Å². The van der Waals surface area contributed by atoms with Crippen molar-refractivity contribution >= 4 is 0 Å². The number of likely N-dealkylation sites (N-methyl/N-ethyl adjacent to an activating group) is 1. The molecule has 0 aliphatic rings. The van der Waals surface area contributed by atoms with Gasteiger partial charge in [-0.2, -0.15) is 0 Å². The molecule has 1 rings (SSSR count). The Labute approximate surface area is 84.6 Å². The third-order valence-corrected chi connectivity index (χ3v) is 2.04. The zero-order valence-electron chi connectivity index (χ0n) is 8.84. The number of halogens is 1. The third kappa shape index (κ3) is 2.96. The molecule has 1 nitrogen and oxygen atoms in total. The second kappa shape index (κ2) is 4.91. The van der Waals surface area contributed by atoms with Gasteiger partial charge in [-0.3, -0.25) is 0 Å². The average Bonchev–Trinajstić information content (AvgIpc) is 2.15. The van der Waals surface area contributed by atoms with Crippen molar-refractivity contribution in [2.24, 2.45) is 0 Å². The number of hydrogen-bond acceptors (Lipinski definition) is 1. The van der Waals surface area contributed by atoms with Gasteiger partial charge in [-0.25, -0.2) is 4.39 Å². The summed E-state index contributed by atoms with van der Waals surface area (Å²) in [6.45, 7) is 4.10. The van der Waals surface area contributed by atoms with E-state index in [1.807, 2.05) is 20.9 Å². The summed E-state index contributed by atoms with van der Waals surface area (Å²) in [6.07, 6.45) is 2.12. The van der Waals surface area contributed by atoms with Gasteiger partial charge in [0.15, 0.2) is 0 Å². The topological polar surface area (TPSA) is 12.0 Å². The summed E-state index contributed by atoms with van der Waals surface area (Å²) in [7, 11) is 1.90. The average molecular weight is 193 g/mol. The van der Waals surface area contributed by atoms with Gasteiger partial charge in [0, 0.05) is 0 Å². The Morgan fingerprint density at radius 1 is 1.29 bits per heavy atom. The van der Waals surface area contributed by atoms with Gasteiger partial charge >= 0.3 is 0 Å². The summed E-state index contributed by atoms with van der Waals surface area (Å²) < 4.78 is 12.7. The SMILES string of the molecule is CNC(C=C(C)C)c1ccc(F)cc1. The van der Waals surface area contributed by atoms with Gasteiger partial charge < -0.3 is 5.32 Å². The molecule has 0 heterocycles. The van der Waals surface area contributed by atoms with Crippen LogP contribution in [-0.4, -0.2) is 7.05 Å². The van der Waals surface area contributed by atoms with Crippen LogP contribution >= 0.6 is 0 Å². The first-order chi connectivity index (χ1) is 6.63. The molecule has 0 saturated heterocycles. The maximum atomic E-state index is 12.7. The lowest BCUT2D eigenvalue weighted by molar-refractivity contribution is 0.624. The maximum absolute atomic E-state index is 12.7. The second-order valence-electron chi connectivity index (χ2n) is 3.56. The van der Waals surface area contributed by atoms with E-state index in [1.165, 1.54) is 17.7 Å². The van der Waals surface area contributed by atoms with Crippen molar-refractivity contribution in [1.29, 1.82) is 0 Å². The highest BCUT2D eigenvalue weighted by Gasteiger charge is 2.04. The summed E-state index contributed by atoms with van der Waals surface area (Å²) in [5.74, 6) is -0.194. The molecule has 1 unspecified atom stereocenters. The van der Waals surface area contributed by atoms with Gasteiger partial charge in [-0.1, -0.05) is 23.8 Å². The van der Waals surface area contributed by atoms with Crippen LogP contribution in [0.2, 0.25) is 0 Å². The molecule has 0 radical (unpaired) electrons. The molecule has 1 aromatic carbocycles. The van der Waals surface area contributed by atoms with Gasteiger partial charge in [-0.05, 0) is 38.6 Å². The Kier molecular flexibility index (Phi) is 3.84. The van der Waals surface area contributed by atoms with Crippen LogP contribution in [0.15, 0.2) is 35.9 Å². The van der Waals surface area contributed by atoms with Crippen LogP contribution in [0.1, 0.15) is 25.5 Å². The Balaban J connectivity index is 2.90. The molecule has 0 aliphatic carbocycles. The van der Waals surface area contributed by atoms with E-state index in [-0.39, 0.29) is 11.9 Å². The van der Waals surface area contributed by atoms with Crippen molar-refractivity contribution in [2.45, 2.75) is 19.9 Å². The zero-order chi connectivity index (χ0) is 10.6. The molecular formula is C12H16FN. The molecule has 0 aliphatic heterocycles. The minimum Gasteiger partial charge on any atom is -0.310 e. The summed E-state index contributed by atoms with van der Waals surface area (Å²) >= 11 is 0. The van der Waals surface area contributed by atoms with Crippen molar-refractivity contribution in [3.63, 3.8) is 0 Å². The van der Waals surface area contributed by atoms with Gasteiger partial charge in [-0.15, -0.1) is 0 Å². The van der Waals surface area contributed by atoms with Crippen LogP contribution in [0.4, 0.5) is 4.39 Å². The summed E-state index contributed by atoms with van der Waals surface area (Å²) in [6, 6.07) is 6.74. The van der Waals surface area contributed by atoms with Gasteiger partial charge in [0.05, 0.1) is 6.04 Å². The summed E-state index contributed by atoms with van der Waals surface area (Å²) in [4.78, 5) is 0. The monoisotopic (exact) mass is 193 g/mol. The number of nitrogens with one attached hydrogen (secondary N) is 1. The van der Waals surface area contributed by atoms with E-state index in [0.717, 1.165) is 5.56 Å². The van der Waals surface area contributed by atoms with E-state index in [4.69, 9.17) is 0 Å². The molecule has 0 saturated carbocycles. The van der Waals surface area contributed by atoms with Crippen LogP contribution in [0, 0.1) is 5.82 Å². The predicted molar refractivity (Wildman–Crippen MR) is 57.6 cm³/mol. The smallest absolute Gasteiger partial charge is 0.123 e. The minimum atomic E-state index is -0.194. The van der Waals surface area contributed by atoms with Crippen molar-refractivity contribution in [3.05, 3.63) is 47.3 Å². The fraction of sp³-hybridized carbons (Fsp3) is 0.333. The molecule has 1 atom stereocenters. The van der Waals surface area contributed by atoms with E-state index < -0.39 is 0 Å².